The zero-order valence-electron chi connectivity index (χ0n) is 8.01. The molecule has 0 N–H and O–H groups in total. The van der Waals surface area contributed by atoms with Gasteiger partial charge in [-0.3, -0.25) is 0 Å². The van der Waals surface area contributed by atoms with Gasteiger partial charge in [-0.25, -0.2) is 4.98 Å². The molecule has 14 heavy (non-hydrogen) atoms. The summed E-state index contributed by atoms with van der Waals surface area (Å²) >= 11 is 0. The third-order valence-corrected chi connectivity index (χ3v) is 2.03. The Hall–Kier alpha value is -1.00. The molecule has 0 fully saturated rings. The Morgan fingerprint density at radius 1 is 1.36 bits per heavy atom. The van der Waals surface area contributed by atoms with E-state index in [9.17, 15) is 13.2 Å². The smallest absolute Gasteiger partial charge is 0.335 e. The molecule has 0 aromatic carbocycles. The van der Waals surface area contributed by atoms with Crippen LogP contribution in [-0.4, -0.2) is 15.7 Å². The van der Waals surface area contributed by atoms with Crippen LogP contribution in [0.1, 0.15) is 25.1 Å². The zero-order valence-corrected chi connectivity index (χ0v) is 8.01. The third-order valence-electron chi connectivity index (χ3n) is 2.03. The van der Waals surface area contributed by atoms with Gasteiger partial charge in [-0.05, 0) is 19.8 Å². The molecule has 2 nitrogen and oxygen atoms in total. The summed E-state index contributed by atoms with van der Waals surface area (Å²) in [6.07, 6.45) is -0.565. The van der Waals surface area contributed by atoms with Crippen LogP contribution in [-0.2, 0) is 6.54 Å². The molecule has 0 aliphatic carbocycles. The van der Waals surface area contributed by atoms with Gasteiger partial charge in [-0.2, -0.15) is 13.2 Å². The van der Waals surface area contributed by atoms with E-state index in [2.05, 4.69) is 4.98 Å². The molecule has 0 unspecified atom stereocenters. The number of nitrogens with zero attached hydrogens (tertiary/aromatic N) is 2. The Bertz CT molecular complexity index is 278. The van der Waals surface area contributed by atoms with Crippen molar-refractivity contribution in [3.8, 4) is 0 Å². The zero-order chi connectivity index (χ0) is 10.6. The SMILES string of the molecule is Cc1nccn1CCCCC(F)(F)F. The van der Waals surface area contributed by atoms with Crippen molar-refractivity contribution in [3.05, 3.63) is 18.2 Å². The van der Waals surface area contributed by atoms with Gasteiger partial charge in [0, 0.05) is 25.4 Å². The highest BCUT2D eigenvalue weighted by Gasteiger charge is 2.25. The first-order valence-corrected chi connectivity index (χ1v) is 4.53. The molecule has 0 aliphatic heterocycles. The number of rotatable bonds is 4. The molecule has 80 valence electrons. The van der Waals surface area contributed by atoms with E-state index >= 15 is 0 Å². The average Bonchev–Trinajstić information content (AvgIpc) is 2.44. The second kappa shape index (κ2) is 4.48. The molecule has 0 saturated carbocycles. The number of imidazole rings is 1. The minimum absolute atomic E-state index is 0.182. The second-order valence-corrected chi connectivity index (χ2v) is 3.24. The summed E-state index contributed by atoms with van der Waals surface area (Å²) in [7, 11) is 0. The molecule has 0 aliphatic rings. The molecule has 0 amide bonds. The number of aromatic nitrogens is 2. The van der Waals surface area contributed by atoms with E-state index in [1.54, 1.807) is 12.4 Å². The molecular weight excluding hydrogens is 193 g/mol. The van der Waals surface area contributed by atoms with Crippen LogP contribution in [0.2, 0.25) is 0 Å². The van der Waals surface area contributed by atoms with E-state index in [1.165, 1.54) is 0 Å². The largest absolute Gasteiger partial charge is 0.389 e. The highest BCUT2D eigenvalue weighted by molar-refractivity contribution is 4.87. The maximum Gasteiger partial charge on any atom is 0.389 e. The van der Waals surface area contributed by atoms with Gasteiger partial charge in [0.05, 0.1) is 0 Å². The quantitative estimate of drug-likeness (QED) is 0.692. The summed E-state index contributed by atoms with van der Waals surface area (Å²) in [4.78, 5) is 3.98. The van der Waals surface area contributed by atoms with Crippen LogP contribution in [0.15, 0.2) is 12.4 Å². The summed E-state index contributed by atoms with van der Waals surface area (Å²) < 4.78 is 37.2. The summed E-state index contributed by atoms with van der Waals surface area (Å²) in [6, 6.07) is 0. The topological polar surface area (TPSA) is 17.8 Å². The standard InChI is InChI=1S/C9H13F3N2/c1-8-13-5-7-14(8)6-3-2-4-9(10,11)12/h5,7H,2-4,6H2,1H3. The minimum Gasteiger partial charge on any atom is -0.335 e. The Morgan fingerprint density at radius 3 is 2.57 bits per heavy atom. The molecular formula is C9H13F3N2. The van der Waals surface area contributed by atoms with Gasteiger partial charge in [0.1, 0.15) is 5.82 Å². The molecule has 0 saturated heterocycles. The number of aryl methyl sites for hydroxylation is 2. The monoisotopic (exact) mass is 206 g/mol. The average molecular weight is 206 g/mol. The van der Waals surface area contributed by atoms with E-state index in [4.69, 9.17) is 0 Å². The lowest BCUT2D eigenvalue weighted by atomic mass is 10.2. The first kappa shape index (κ1) is 11.1. The molecule has 0 spiro atoms. The number of unbranched alkanes of at least 4 members (excludes halogenated alkanes) is 1. The normalized spacial score (nSPS) is 12.0. The predicted molar refractivity (Wildman–Crippen MR) is 46.9 cm³/mol. The van der Waals surface area contributed by atoms with Crippen molar-refractivity contribution in [1.29, 1.82) is 0 Å². The van der Waals surface area contributed by atoms with Crippen molar-refractivity contribution in [3.63, 3.8) is 0 Å². The van der Waals surface area contributed by atoms with Gasteiger partial charge in [0.2, 0.25) is 0 Å². The lowest BCUT2D eigenvalue weighted by Crippen LogP contribution is -2.07. The predicted octanol–water partition coefficient (Wildman–Crippen LogP) is 2.92. The van der Waals surface area contributed by atoms with E-state index < -0.39 is 12.6 Å². The van der Waals surface area contributed by atoms with E-state index in [0.717, 1.165) is 5.82 Å². The summed E-state index contributed by atoms with van der Waals surface area (Å²) in [5.74, 6) is 0.844. The number of hydrogen-bond donors (Lipinski definition) is 0. The van der Waals surface area contributed by atoms with Crippen molar-refractivity contribution < 1.29 is 13.2 Å². The summed E-state index contributed by atoms with van der Waals surface area (Å²) in [5, 5.41) is 0. The van der Waals surface area contributed by atoms with Crippen molar-refractivity contribution in [2.45, 2.75) is 38.9 Å². The molecule has 1 aromatic heterocycles. The van der Waals surface area contributed by atoms with Crippen LogP contribution in [0.4, 0.5) is 13.2 Å². The Morgan fingerprint density at radius 2 is 2.07 bits per heavy atom. The summed E-state index contributed by atoms with van der Waals surface area (Å²) in [6.45, 7) is 2.45. The summed E-state index contributed by atoms with van der Waals surface area (Å²) in [5.41, 5.74) is 0. The first-order valence-electron chi connectivity index (χ1n) is 4.53. The number of alkyl halides is 3. The van der Waals surface area contributed by atoms with Gasteiger partial charge in [0.15, 0.2) is 0 Å². The fourth-order valence-electron chi connectivity index (χ4n) is 1.25. The molecule has 1 aromatic rings. The van der Waals surface area contributed by atoms with Crippen LogP contribution in [0.3, 0.4) is 0 Å². The van der Waals surface area contributed by atoms with Gasteiger partial charge < -0.3 is 4.57 Å². The second-order valence-electron chi connectivity index (χ2n) is 3.24. The van der Waals surface area contributed by atoms with E-state index in [0.29, 0.717) is 13.0 Å². The van der Waals surface area contributed by atoms with Gasteiger partial charge in [-0.1, -0.05) is 0 Å². The highest BCUT2D eigenvalue weighted by atomic mass is 19.4. The van der Waals surface area contributed by atoms with Crippen LogP contribution >= 0.6 is 0 Å². The fraction of sp³-hybridized carbons (Fsp3) is 0.667. The van der Waals surface area contributed by atoms with Crippen molar-refractivity contribution in [1.82, 2.24) is 9.55 Å². The Balaban J connectivity index is 2.20. The molecule has 0 atom stereocenters. The van der Waals surface area contributed by atoms with Crippen molar-refractivity contribution in [2.75, 3.05) is 0 Å². The van der Waals surface area contributed by atoms with Gasteiger partial charge >= 0.3 is 6.18 Å². The van der Waals surface area contributed by atoms with Crippen molar-refractivity contribution in [2.24, 2.45) is 0 Å². The maximum absolute atomic E-state index is 11.8. The van der Waals surface area contributed by atoms with E-state index in [-0.39, 0.29) is 6.42 Å². The van der Waals surface area contributed by atoms with Gasteiger partial charge in [0.25, 0.3) is 0 Å². The van der Waals surface area contributed by atoms with Crippen molar-refractivity contribution >= 4 is 0 Å². The fourth-order valence-corrected chi connectivity index (χ4v) is 1.25. The van der Waals surface area contributed by atoms with Crippen LogP contribution < -0.4 is 0 Å². The maximum atomic E-state index is 11.8. The Kier molecular flexibility index (Phi) is 3.55. The highest BCUT2D eigenvalue weighted by Crippen LogP contribution is 2.22. The molecule has 0 radical (unpaired) electrons. The lowest BCUT2D eigenvalue weighted by Gasteiger charge is -2.07. The number of hydrogen-bond acceptors (Lipinski definition) is 1. The van der Waals surface area contributed by atoms with Crippen LogP contribution in [0.25, 0.3) is 0 Å². The van der Waals surface area contributed by atoms with Crippen LogP contribution in [0.5, 0.6) is 0 Å². The molecule has 5 heteroatoms. The van der Waals surface area contributed by atoms with E-state index in [1.807, 2.05) is 11.5 Å². The lowest BCUT2D eigenvalue weighted by molar-refractivity contribution is -0.135. The van der Waals surface area contributed by atoms with Crippen LogP contribution in [0, 0.1) is 6.92 Å². The van der Waals surface area contributed by atoms with Gasteiger partial charge in [-0.15, -0.1) is 0 Å². The molecule has 1 heterocycles. The third kappa shape index (κ3) is 3.81. The first-order chi connectivity index (χ1) is 6.49. The Labute approximate surface area is 80.8 Å². The molecule has 1 rings (SSSR count). The minimum atomic E-state index is -4.02. The molecule has 0 bridgehead atoms. The number of halogens is 3.